The fourth-order valence-electron chi connectivity index (χ4n) is 3.43. The van der Waals surface area contributed by atoms with Crippen LogP contribution in [-0.2, 0) is 6.54 Å². The van der Waals surface area contributed by atoms with Gasteiger partial charge in [-0.15, -0.1) is 11.8 Å². The summed E-state index contributed by atoms with van der Waals surface area (Å²) in [6, 6.07) is 11.4. The highest BCUT2D eigenvalue weighted by atomic mass is 32.2. The number of piperidine rings is 1. The van der Waals surface area contributed by atoms with Crippen molar-refractivity contribution in [3.63, 3.8) is 0 Å². The lowest BCUT2D eigenvalue weighted by atomic mass is 9.88. The summed E-state index contributed by atoms with van der Waals surface area (Å²) in [5.74, 6) is -0.424. The SMILES string of the molecule is CSc1cc(O)c(O)c(C(=O)N2CCC(c3cccc(CN)c3)CC2)c1. The number of nitrogens with two attached hydrogens (primary N) is 1. The average molecular weight is 372 g/mol. The lowest BCUT2D eigenvalue weighted by molar-refractivity contribution is 0.0709. The number of likely N-dealkylation sites (tertiary alicyclic amines) is 1. The smallest absolute Gasteiger partial charge is 0.257 e. The third kappa shape index (κ3) is 3.81. The number of phenolic OH excluding ortho intramolecular Hbond substituents is 2. The number of nitrogens with zero attached hydrogens (tertiary/aromatic N) is 1. The molecule has 0 unspecified atom stereocenters. The van der Waals surface area contributed by atoms with E-state index in [-0.39, 0.29) is 23.0 Å². The number of aromatic hydroxyl groups is 2. The maximum atomic E-state index is 12.8. The molecule has 1 aliphatic rings. The zero-order chi connectivity index (χ0) is 18.7. The Bertz CT molecular complexity index is 802. The Morgan fingerprint density at radius 1 is 1.23 bits per heavy atom. The highest BCUT2D eigenvalue weighted by Crippen LogP contribution is 2.36. The van der Waals surface area contributed by atoms with Crippen LogP contribution in [0.5, 0.6) is 11.5 Å². The maximum Gasteiger partial charge on any atom is 0.257 e. The van der Waals surface area contributed by atoms with Crippen molar-refractivity contribution in [1.29, 1.82) is 0 Å². The number of benzene rings is 2. The summed E-state index contributed by atoms with van der Waals surface area (Å²) in [7, 11) is 0. The molecule has 26 heavy (non-hydrogen) atoms. The number of amides is 1. The Hall–Kier alpha value is -2.18. The molecule has 6 heteroatoms. The highest BCUT2D eigenvalue weighted by Gasteiger charge is 2.27. The van der Waals surface area contributed by atoms with Crippen molar-refractivity contribution in [1.82, 2.24) is 4.90 Å². The van der Waals surface area contributed by atoms with Crippen LogP contribution in [0.3, 0.4) is 0 Å². The molecule has 4 N–H and O–H groups in total. The number of hydrogen-bond donors (Lipinski definition) is 3. The van der Waals surface area contributed by atoms with Gasteiger partial charge in [-0.05, 0) is 48.3 Å². The van der Waals surface area contributed by atoms with E-state index < -0.39 is 0 Å². The van der Waals surface area contributed by atoms with E-state index in [2.05, 4.69) is 12.1 Å². The lowest BCUT2D eigenvalue weighted by Gasteiger charge is -2.32. The van der Waals surface area contributed by atoms with Crippen LogP contribution >= 0.6 is 11.8 Å². The third-order valence-electron chi connectivity index (χ3n) is 4.97. The first kappa shape index (κ1) is 18.6. The minimum Gasteiger partial charge on any atom is -0.504 e. The number of carbonyl (C=O) groups excluding carboxylic acids is 1. The van der Waals surface area contributed by atoms with Crippen LogP contribution in [0.15, 0.2) is 41.3 Å². The van der Waals surface area contributed by atoms with Crippen molar-refractivity contribution < 1.29 is 15.0 Å². The molecule has 0 atom stereocenters. The zero-order valence-electron chi connectivity index (χ0n) is 14.8. The predicted molar refractivity (Wildman–Crippen MR) is 104 cm³/mol. The molecule has 1 aliphatic heterocycles. The molecule has 3 rings (SSSR count). The molecule has 0 bridgehead atoms. The summed E-state index contributed by atoms with van der Waals surface area (Å²) >= 11 is 1.42. The van der Waals surface area contributed by atoms with Gasteiger partial charge in [0.1, 0.15) is 0 Å². The van der Waals surface area contributed by atoms with Crippen LogP contribution in [0.4, 0.5) is 0 Å². The Morgan fingerprint density at radius 2 is 1.96 bits per heavy atom. The number of rotatable bonds is 4. The maximum absolute atomic E-state index is 12.8. The molecule has 0 aromatic heterocycles. The van der Waals surface area contributed by atoms with Crippen LogP contribution in [0.25, 0.3) is 0 Å². The molecule has 0 radical (unpaired) electrons. The second kappa shape index (κ2) is 8.01. The van der Waals surface area contributed by atoms with Crippen molar-refractivity contribution in [2.24, 2.45) is 5.73 Å². The summed E-state index contributed by atoms with van der Waals surface area (Å²) < 4.78 is 0. The van der Waals surface area contributed by atoms with Gasteiger partial charge in [0, 0.05) is 24.5 Å². The molecule has 0 aliphatic carbocycles. The monoisotopic (exact) mass is 372 g/mol. The topological polar surface area (TPSA) is 86.8 Å². The largest absolute Gasteiger partial charge is 0.504 e. The third-order valence-corrected chi connectivity index (χ3v) is 5.68. The van der Waals surface area contributed by atoms with E-state index in [9.17, 15) is 15.0 Å². The normalized spacial score (nSPS) is 15.2. The molecule has 1 heterocycles. The highest BCUT2D eigenvalue weighted by molar-refractivity contribution is 7.98. The second-order valence-electron chi connectivity index (χ2n) is 6.56. The fourth-order valence-corrected chi connectivity index (χ4v) is 3.90. The molecule has 5 nitrogen and oxygen atoms in total. The zero-order valence-corrected chi connectivity index (χ0v) is 15.6. The van der Waals surface area contributed by atoms with Gasteiger partial charge in [-0.1, -0.05) is 24.3 Å². The molecule has 1 amide bonds. The van der Waals surface area contributed by atoms with Gasteiger partial charge < -0.3 is 20.8 Å². The molecule has 0 spiro atoms. The summed E-state index contributed by atoms with van der Waals surface area (Å²) in [6.07, 6.45) is 3.60. The first-order valence-electron chi connectivity index (χ1n) is 8.71. The van der Waals surface area contributed by atoms with Crippen molar-refractivity contribution >= 4 is 17.7 Å². The molecular weight excluding hydrogens is 348 g/mol. The van der Waals surface area contributed by atoms with Crippen LogP contribution in [0.1, 0.15) is 40.2 Å². The number of hydrogen-bond acceptors (Lipinski definition) is 5. The molecule has 138 valence electrons. The van der Waals surface area contributed by atoms with Gasteiger partial charge in [0.2, 0.25) is 0 Å². The van der Waals surface area contributed by atoms with Gasteiger partial charge in [0.15, 0.2) is 11.5 Å². The minimum absolute atomic E-state index is 0.165. The van der Waals surface area contributed by atoms with Gasteiger partial charge in [0.05, 0.1) is 5.56 Å². The first-order chi connectivity index (χ1) is 12.5. The summed E-state index contributed by atoms with van der Waals surface area (Å²) in [5, 5.41) is 19.9. The van der Waals surface area contributed by atoms with Gasteiger partial charge in [0.25, 0.3) is 5.91 Å². The van der Waals surface area contributed by atoms with E-state index in [0.717, 1.165) is 23.3 Å². The van der Waals surface area contributed by atoms with E-state index in [1.54, 1.807) is 11.0 Å². The minimum atomic E-state index is -0.342. The number of carbonyl (C=O) groups is 1. The Morgan fingerprint density at radius 3 is 2.62 bits per heavy atom. The van der Waals surface area contributed by atoms with Gasteiger partial charge >= 0.3 is 0 Å². The van der Waals surface area contributed by atoms with Crippen LogP contribution in [0.2, 0.25) is 0 Å². The first-order valence-corrected chi connectivity index (χ1v) is 9.94. The van der Waals surface area contributed by atoms with Crippen LogP contribution < -0.4 is 5.73 Å². The predicted octanol–water partition coefficient (Wildman–Crippen LogP) is 3.30. The standard InChI is InChI=1S/C20H24N2O3S/c1-26-16-10-17(19(24)18(23)11-16)20(25)22-7-5-14(6-8-22)15-4-2-3-13(9-15)12-21/h2-4,9-11,14,23-24H,5-8,12,21H2,1H3. The molecule has 0 saturated carbocycles. The van der Waals surface area contributed by atoms with Gasteiger partial charge in [-0.3, -0.25) is 4.79 Å². The molecule has 1 fully saturated rings. The van der Waals surface area contributed by atoms with Crippen molar-refractivity contribution in [2.45, 2.75) is 30.2 Å². The van der Waals surface area contributed by atoms with Crippen molar-refractivity contribution in [2.75, 3.05) is 19.3 Å². The number of thioether (sulfide) groups is 1. The Kier molecular flexibility index (Phi) is 5.74. The van der Waals surface area contributed by atoms with Crippen LogP contribution in [0, 0.1) is 0 Å². The Balaban J connectivity index is 1.72. The van der Waals surface area contributed by atoms with E-state index >= 15 is 0 Å². The average Bonchev–Trinajstić information content (AvgIpc) is 2.69. The molecule has 1 saturated heterocycles. The molecular formula is C20H24N2O3S. The summed E-state index contributed by atoms with van der Waals surface area (Å²) in [6.45, 7) is 1.78. The van der Waals surface area contributed by atoms with Gasteiger partial charge in [-0.25, -0.2) is 0 Å². The van der Waals surface area contributed by atoms with Crippen molar-refractivity contribution in [3.05, 3.63) is 53.1 Å². The van der Waals surface area contributed by atoms with E-state index in [1.807, 2.05) is 18.4 Å². The molecule has 2 aromatic carbocycles. The lowest BCUT2D eigenvalue weighted by Crippen LogP contribution is -2.38. The Labute approximate surface area is 157 Å². The quantitative estimate of drug-likeness (QED) is 0.566. The van der Waals surface area contributed by atoms with Gasteiger partial charge in [-0.2, -0.15) is 0 Å². The number of phenols is 2. The fraction of sp³-hybridized carbons (Fsp3) is 0.350. The van der Waals surface area contributed by atoms with E-state index in [4.69, 9.17) is 5.73 Å². The summed E-state index contributed by atoms with van der Waals surface area (Å²) in [5.41, 5.74) is 8.28. The summed E-state index contributed by atoms with van der Waals surface area (Å²) in [4.78, 5) is 15.3. The van der Waals surface area contributed by atoms with E-state index in [1.165, 1.54) is 23.4 Å². The van der Waals surface area contributed by atoms with E-state index in [0.29, 0.717) is 25.6 Å². The molecule has 2 aromatic rings. The van der Waals surface area contributed by atoms with Crippen molar-refractivity contribution in [3.8, 4) is 11.5 Å². The van der Waals surface area contributed by atoms with Crippen LogP contribution in [-0.4, -0.2) is 40.4 Å². The second-order valence-corrected chi connectivity index (χ2v) is 7.44.